The number of carbonyl (C=O) groups is 1. The lowest BCUT2D eigenvalue weighted by molar-refractivity contribution is -0.137. The lowest BCUT2D eigenvalue weighted by atomic mass is 10.1. The largest absolute Gasteiger partial charge is 0.418 e. The van der Waals surface area contributed by atoms with Crippen molar-refractivity contribution < 1.29 is 23.1 Å². The van der Waals surface area contributed by atoms with Gasteiger partial charge in [-0.2, -0.15) is 13.2 Å². The summed E-state index contributed by atoms with van der Waals surface area (Å²) >= 11 is 0. The van der Waals surface area contributed by atoms with Crippen LogP contribution in [-0.2, 0) is 6.18 Å². The van der Waals surface area contributed by atoms with Crippen LogP contribution in [0.1, 0.15) is 18.9 Å². The first-order chi connectivity index (χ1) is 10.8. The summed E-state index contributed by atoms with van der Waals surface area (Å²) in [5, 5.41) is 14.3. The molecule has 3 N–H and O–H groups in total. The van der Waals surface area contributed by atoms with E-state index >= 15 is 0 Å². The maximum absolute atomic E-state index is 13.1. The van der Waals surface area contributed by atoms with Crippen molar-refractivity contribution in [3.63, 3.8) is 0 Å². The van der Waals surface area contributed by atoms with Crippen LogP contribution in [0.15, 0.2) is 24.3 Å². The molecule has 1 saturated heterocycles. The molecule has 1 aromatic carbocycles. The minimum atomic E-state index is -4.41. The molecule has 1 aliphatic rings. The van der Waals surface area contributed by atoms with Crippen molar-refractivity contribution in [3.8, 4) is 0 Å². The Morgan fingerprint density at radius 1 is 1.43 bits per heavy atom. The van der Waals surface area contributed by atoms with E-state index in [1.165, 1.54) is 12.1 Å². The fourth-order valence-corrected chi connectivity index (χ4v) is 2.56. The Labute approximate surface area is 132 Å². The number of carbonyl (C=O) groups excluding carboxylic acids is 1. The highest BCUT2D eigenvalue weighted by molar-refractivity contribution is 5.74. The minimum Gasteiger partial charge on any atom is -0.392 e. The van der Waals surface area contributed by atoms with Crippen LogP contribution in [0.2, 0.25) is 0 Å². The maximum Gasteiger partial charge on any atom is 0.418 e. The Hall–Kier alpha value is -1.96. The summed E-state index contributed by atoms with van der Waals surface area (Å²) < 4.78 is 39.2. The molecule has 1 aromatic rings. The van der Waals surface area contributed by atoms with E-state index < -0.39 is 23.9 Å². The second-order valence-corrected chi connectivity index (χ2v) is 5.65. The molecule has 1 unspecified atom stereocenters. The predicted molar refractivity (Wildman–Crippen MR) is 80.3 cm³/mol. The number of hydrogen-bond donors (Lipinski definition) is 3. The van der Waals surface area contributed by atoms with Gasteiger partial charge < -0.3 is 20.6 Å². The first-order valence-corrected chi connectivity index (χ1v) is 7.41. The molecule has 5 nitrogen and oxygen atoms in total. The number of alkyl halides is 3. The Morgan fingerprint density at radius 3 is 2.78 bits per heavy atom. The van der Waals surface area contributed by atoms with Crippen molar-refractivity contribution in [2.24, 2.45) is 0 Å². The quantitative estimate of drug-likeness (QED) is 0.790. The number of aliphatic hydroxyl groups is 1. The van der Waals surface area contributed by atoms with Gasteiger partial charge in [0.15, 0.2) is 0 Å². The summed E-state index contributed by atoms with van der Waals surface area (Å²) in [6.45, 7) is 2.43. The van der Waals surface area contributed by atoms with E-state index in [-0.39, 0.29) is 18.3 Å². The van der Waals surface area contributed by atoms with Crippen molar-refractivity contribution in [1.29, 1.82) is 0 Å². The normalized spacial score (nSPS) is 19.5. The smallest absolute Gasteiger partial charge is 0.392 e. The summed E-state index contributed by atoms with van der Waals surface area (Å²) in [6.07, 6.45) is -4.50. The SMILES string of the molecule is C[C@@H](O)CNC(=O)NC1CCN(c2ccccc2C(F)(F)F)C1. The molecule has 0 bridgehead atoms. The van der Waals surface area contributed by atoms with Gasteiger partial charge in [-0.25, -0.2) is 4.79 Å². The average molecular weight is 331 g/mol. The minimum absolute atomic E-state index is 0.124. The van der Waals surface area contributed by atoms with Gasteiger partial charge in [-0.3, -0.25) is 0 Å². The highest BCUT2D eigenvalue weighted by Crippen LogP contribution is 2.37. The Kier molecular flexibility index (Phi) is 5.35. The second kappa shape index (κ2) is 7.08. The summed E-state index contributed by atoms with van der Waals surface area (Å²) in [6, 6.07) is 4.78. The van der Waals surface area contributed by atoms with Crippen molar-refractivity contribution in [1.82, 2.24) is 10.6 Å². The van der Waals surface area contributed by atoms with Gasteiger partial charge in [0.05, 0.1) is 11.7 Å². The van der Waals surface area contributed by atoms with E-state index in [1.54, 1.807) is 17.9 Å². The Morgan fingerprint density at radius 2 is 2.13 bits per heavy atom. The van der Waals surface area contributed by atoms with Gasteiger partial charge in [0.25, 0.3) is 0 Å². The van der Waals surface area contributed by atoms with E-state index in [9.17, 15) is 18.0 Å². The van der Waals surface area contributed by atoms with Gasteiger partial charge >= 0.3 is 12.2 Å². The average Bonchev–Trinajstić information content (AvgIpc) is 2.92. The van der Waals surface area contributed by atoms with Crippen LogP contribution in [0.25, 0.3) is 0 Å². The lowest BCUT2D eigenvalue weighted by Gasteiger charge is -2.23. The number of amides is 2. The van der Waals surface area contributed by atoms with E-state index in [1.807, 2.05) is 0 Å². The van der Waals surface area contributed by atoms with E-state index in [0.717, 1.165) is 6.07 Å². The molecule has 128 valence electrons. The number of benzene rings is 1. The zero-order valence-electron chi connectivity index (χ0n) is 12.7. The highest BCUT2D eigenvalue weighted by Gasteiger charge is 2.36. The Bertz CT molecular complexity index is 549. The second-order valence-electron chi connectivity index (χ2n) is 5.65. The van der Waals surface area contributed by atoms with Crippen LogP contribution >= 0.6 is 0 Å². The number of anilines is 1. The number of rotatable bonds is 4. The van der Waals surface area contributed by atoms with Crippen molar-refractivity contribution >= 4 is 11.7 Å². The summed E-state index contributed by atoms with van der Waals surface area (Å²) in [4.78, 5) is 13.3. The number of halogens is 3. The molecule has 0 radical (unpaired) electrons. The molecule has 2 amide bonds. The van der Waals surface area contributed by atoms with Crippen LogP contribution in [0, 0.1) is 0 Å². The third kappa shape index (κ3) is 4.75. The molecular weight excluding hydrogens is 311 g/mol. The summed E-state index contributed by atoms with van der Waals surface area (Å²) in [7, 11) is 0. The topological polar surface area (TPSA) is 64.6 Å². The highest BCUT2D eigenvalue weighted by atomic mass is 19.4. The Balaban J connectivity index is 1.97. The molecule has 2 atom stereocenters. The molecule has 1 fully saturated rings. The standard InChI is InChI=1S/C15H20F3N3O2/c1-10(22)8-19-14(23)20-11-6-7-21(9-11)13-5-3-2-4-12(13)15(16,17)18/h2-5,10-11,22H,6-9H2,1H3,(H2,19,20,23)/t10-,11?/m1/s1. The fourth-order valence-electron chi connectivity index (χ4n) is 2.56. The first-order valence-electron chi connectivity index (χ1n) is 7.41. The first kappa shape index (κ1) is 17.4. The van der Waals surface area contributed by atoms with E-state index in [4.69, 9.17) is 5.11 Å². The van der Waals surface area contributed by atoms with Crippen LogP contribution in [0.4, 0.5) is 23.7 Å². The van der Waals surface area contributed by atoms with Crippen LogP contribution in [0.3, 0.4) is 0 Å². The predicted octanol–water partition coefficient (Wildman–Crippen LogP) is 1.96. The third-order valence-corrected chi connectivity index (χ3v) is 3.63. The zero-order chi connectivity index (χ0) is 17.0. The van der Waals surface area contributed by atoms with Crippen LogP contribution < -0.4 is 15.5 Å². The fraction of sp³-hybridized carbons (Fsp3) is 0.533. The van der Waals surface area contributed by atoms with Gasteiger partial charge in [-0.15, -0.1) is 0 Å². The molecule has 0 aromatic heterocycles. The molecule has 23 heavy (non-hydrogen) atoms. The maximum atomic E-state index is 13.1. The van der Waals surface area contributed by atoms with Gasteiger partial charge in [0.2, 0.25) is 0 Å². The molecule has 2 rings (SSSR count). The zero-order valence-corrected chi connectivity index (χ0v) is 12.7. The van der Waals surface area contributed by atoms with Crippen molar-refractivity contribution in [2.75, 3.05) is 24.5 Å². The number of urea groups is 1. The lowest BCUT2D eigenvalue weighted by Crippen LogP contribution is -2.45. The summed E-state index contributed by atoms with van der Waals surface area (Å²) in [5.41, 5.74) is -0.534. The van der Waals surface area contributed by atoms with Gasteiger partial charge in [0, 0.05) is 31.4 Å². The molecular formula is C15H20F3N3O2. The number of hydrogen-bond acceptors (Lipinski definition) is 3. The third-order valence-electron chi connectivity index (χ3n) is 3.63. The summed E-state index contributed by atoms with van der Waals surface area (Å²) in [5.74, 6) is 0. The van der Waals surface area contributed by atoms with Gasteiger partial charge in [-0.1, -0.05) is 12.1 Å². The molecule has 1 heterocycles. The number of nitrogens with zero attached hydrogens (tertiary/aromatic N) is 1. The van der Waals surface area contributed by atoms with Gasteiger partial charge in [0.1, 0.15) is 0 Å². The van der Waals surface area contributed by atoms with Gasteiger partial charge in [-0.05, 0) is 25.5 Å². The van der Waals surface area contributed by atoms with Crippen molar-refractivity contribution in [2.45, 2.75) is 31.7 Å². The van der Waals surface area contributed by atoms with Crippen LogP contribution in [-0.4, -0.2) is 42.9 Å². The number of aliphatic hydroxyl groups excluding tert-OH is 1. The molecule has 0 saturated carbocycles. The van der Waals surface area contributed by atoms with Crippen molar-refractivity contribution in [3.05, 3.63) is 29.8 Å². The molecule has 1 aliphatic heterocycles. The number of para-hydroxylation sites is 1. The molecule has 0 spiro atoms. The monoisotopic (exact) mass is 331 g/mol. The van der Waals surface area contributed by atoms with E-state index in [2.05, 4.69) is 10.6 Å². The number of nitrogens with one attached hydrogen (secondary N) is 2. The molecule has 8 heteroatoms. The molecule has 0 aliphatic carbocycles. The van der Waals surface area contributed by atoms with Crippen LogP contribution in [0.5, 0.6) is 0 Å². The van der Waals surface area contributed by atoms with E-state index in [0.29, 0.717) is 19.5 Å².